The molecule has 2 amide bonds. The summed E-state index contributed by atoms with van der Waals surface area (Å²) in [4.78, 5) is 17.6. The van der Waals surface area contributed by atoms with E-state index in [9.17, 15) is 13.2 Å². The van der Waals surface area contributed by atoms with Crippen molar-refractivity contribution in [1.82, 2.24) is 19.9 Å². The molecule has 0 aliphatic carbocycles. The molecule has 0 bridgehead atoms. The fourth-order valence-corrected chi connectivity index (χ4v) is 3.43. The van der Waals surface area contributed by atoms with E-state index in [1.54, 1.807) is 17.3 Å². The van der Waals surface area contributed by atoms with Crippen LogP contribution >= 0.6 is 0 Å². The van der Waals surface area contributed by atoms with E-state index >= 15 is 0 Å². The molecule has 2 N–H and O–H groups in total. The maximum Gasteiger partial charge on any atom is 0.317 e. The largest absolute Gasteiger partial charge is 0.334 e. The number of nitrogens with one attached hydrogen (secondary N) is 2. The predicted molar refractivity (Wildman–Crippen MR) is 95.2 cm³/mol. The number of sulfonamides is 1. The smallest absolute Gasteiger partial charge is 0.317 e. The molecule has 1 fully saturated rings. The molecule has 0 radical (unpaired) electrons. The van der Waals surface area contributed by atoms with Gasteiger partial charge in [-0.3, -0.25) is 4.98 Å². The van der Waals surface area contributed by atoms with Crippen LogP contribution in [0.2, 0.25) is 0 Å². The Morgan fingerprint density at radius 1 is 1.12 bits per heavy atom. The van der Waals surface area contributed by atoms with E-state index in [0.29, 0.717) is 19.6 Å². The van der Waals surface area contributed by atoms with Crippen LogP contribution in [0.3, 0.4) is 0 Å². The van der Waals surface area contributed by atoms with Crippen LogP contribution in [-0.2, 0) is 16.6 Å². The first-order valence-corrected chi connectivity index (χ1v) is 9.79. The van der Waals surface area contributed by atoms with Crippen molar-refractivity contribution in [3.05, 3.63) is 54.4 Å². The van der Waals surface area contributed by atoms with E-state index in [-0.39, 0.29) is 12.1 Å². The Bertz CT molecular complexity index is 832. The third-order valence-electron chi connectivity index (χ3n) is 3.96. The van der Waals surface area contributed by atoms with Gasteiger partial charge in [-0.05, 0) is 28.8 Å². The van der Waals surface area contributed by atoms with Gasteiger partial charge < -0.3 is 10.2 Å². The Hall–Kier alpha value is -2.45. The number of hydrogen-bond donors (Lipinski definition) is 2. The zero-order valence-electron chi connectivity index (χ0n) is 13.8. The molecule has 0 spiro atoms. The van der Waals surface area contributed by atoms with Crippen LogP contribution in [0.5, 0.6) is 0 Å². The normalized spacial score (nSPS) is 14.8. The number of likely N-dealkylation sites (tertiary alicyclic amines) is 1. The molecule has 1 aliphatic rings. The van der Waals surface area contributed by atoms with Gasteiger partial charge in [0, 0.05) is 32.0 Å². The fourth-order valence-electron chi connectivity index (χ4n) is 2.67. The van der Waals surface area contributed by atoms with E-state index in [0.717, 1.165) is 22.9 Å². The van der Waals surface area contributed by atoms with Crippen molar-refractivity contribution in [2.45, 2.75) is 12.6 Å². The van der Waals surface area contributed by atoms with Gasteiger partial charge in [-0.25, -0.2) is 17.9 Å². The molecule has 1 aromatic carbocycles. The summed E-state index contributed by atoms with van der Waals surface area (Å²) < 4.78 is 24.7. The van der Waals surface area contributed by atoms with Crippen LogP contribution in [-0.4, -0.2) is 49.7 Å². The van der Waals surface area contributed by atoms with Crippen LogP contribution in [0.1, 0.15) is 5.56 Å². The molecule has 0 unspecified atom stereocenters. The molecule has 2 heterocycles. The van der Waals surface area contributed by atoms with E-state index in [2.05, 4.69) is 15.0 Å². The third kappa shape index (κ3) is 4.77. The minimum Gasteiger partial charge on any atom is -0.334 e. The molecule has 1 aromatic heterocycles. The first-order chi connectivity index (χ1) is 11.9. The summed E-state index contributed by atoms with van der Waals surface area (Å²) >= 11 is 0. The first kappa shape index (κ1) is 17.4. The van der Waals surface area contributed by atoms with Crippen molar-refractivity contribution in [2.24, 2.45) is 0 Å². The van der Waals surface area contributed by atoms with Crippen LogP contribution in [0.25, 0.3) is 11.1 Å². The number of carbonyl (C=O) groups excluding carboxylic acids is 1. The van der Waals surface area contributed by atoms with Crippen LogP contribution < -0.4 is 10.0 Å². The number of urea groups is 1. The number of rotatable bonds is 5. The highest BCUT2D eigenvalue weighted by atomic mass is 32.2. The molecule has 3 rings (SSSR count). The number of amides is 2. The fraction of sp³-hybridized carbons (Fsp3) is 0.294. The topological polar surface area (TPSA) is 91.4 Å². The molecule has 2 aromatic rings. The molecular weight excluding hydrogens is 340 g/mol. The Balaban J connectivity index is 1.47. The van der Waals surface area contributed by atoms with Gasteiger partial charge in [0.25, 0.3) is 0 Å². The zero-order chi connectivity index (χ0) is 17.9. The number of aromatic nitrogens is 1. The van der Waals surface area contributed by atoms with Gasteiger partial charge in [-0.15, -0.1) is 0 Å². The van der Waals surface area contributed by atoms with Crippen LogP contribution in [0.15, 0.2) is 48.8 Å². The van der Waals surface area contributed by atoms with Crippen molar-refractivity contribution in [1.29, 1.82) is 0 Å². The van der Waals surface area contributed by atoms with Gasteiger partial charge in [-0.2, -0.15) is 0 Å². The summed E-state index contributed by atoms with van der Waals surface area (Å²) in [5, 5.41) is 2.84. The zero-order valence-corrected chi connectivity index (χ0v) is 14.7. The van der Waals surface area contributed by atoms with E-state index in [1.165, 1.54) is 0 Å². The van der Waals surface area contributed by atoms with Crippen LogP contribution in [0.4, 0.5) is 4.79 Å². The Morgan fingerprint density at radius 2 is 1.72 bits per heavy atom. The summed E-state index contributed by atoms with van der Waals surface area (Å²) in [7, 11) is -3.23. The standard InChI is InChI=1S/C17H20N4O3S/c1-25(23,24)20-16-11-21(12-16)17(22)19-10-13-2-4-14(5-3-13)15-6-8-18-9-7-15/h2-9,16,20H,10-12H2,1H3,(H,19,22). The predicted octanol–water partition coefficient (Wildman–Crippen LogP) is 1.19. The number of benzene rings is 1. The van der Waals surface area contributed by atoms with E-state index in [4.69, 9.17) is 0 Å². The van der Waals surface area contributed by atoms with E-state index < -0.39 is 10.0 Å². The summed E-state index contributed by atoms with van der Waals surface area (Å²) in [5.74, 6) is 0. The average Bonchev–Trinajstić information content (AvgIpc) is 2.56. The molecule has 1 saturated heterocycles. The number of hydrogen-bond acceptors (Lipinski definition) is 4. The number of pyridine rings is 1. The molecule has 7 nitrogen and oxygen atoms in total. The number of carbonyl (C=O) groups is 1. The quantitative estimate of drug-likeness (QED) is 0.838. The van der Waals surface area contributed by atoms with Gasteiger partial charge in [0.1, 0.15) is 0 Å². The van der Waals surface area contributed by atoms with Crippen molar-refractivity contribution in [3.8, 4) is 11.1 Å². The Labute approximate surface area is 147 Å². The molecule has 8 heteroatoms. The molecule has 132 valence electrons. The maximum atomic E-state index is 12.0. The highest BCUT2D eigenvalue weighted by molar-refractivity contribution is 7.88. The minimum absolute atomic E-state index is 0.190. The van der Waals surface area contributed by atoms with Crippen molar-refractivity contribution in [2.75, 3.05) is 19.3 Å². The van der Waals surface area contributed by atoms with Gasteiger partial charge in [-0.1, -0.05) is 24.3 Å². The summed E-state index contributed by atoms with van der Waals surface area (Å²) in [5.41, 5.74) is 3.18. The monoisotopic (exact) mass is 360 g/mol. The SMILES string of the molecule is CS(=O)(=O)NC1CN(C(=O)NCc2ccc(-c3ccncc3)cc2)C1. The highest BCUT2D eigenvalue weighted by Crippen LogP contribution is 2.18. The van der Waals surface area contributed by atoms with Crippen molar-refractivity contribution in [3.63, 3.8) is 0 Å². The molecule has 1 aliphatic heterocycles. The first-order valence-electron chi connectivity index (χ1n) is 7.90. The van der Waals surface area contributed by atoms with Crippen molar-refractivity contribution >= 4 is 16.1 Å². The highest BCUT2D eigenvalue weighted by Gasteiger charge is 2.32. The Morgan fingerprint density at radius 3 is 2.32 bits per heavy atom. The maximum absolute atomic E-state index is 12.0. The minimum atomic E-state index is -3.23. The molecule has 25 heavy (non-hydrogen) atoms. The van der Waals surface area contributed by atoms with Gasteiger partial charge >= 0.3 is 6.03 Å². The second-order valence-corrected chi connectivity index (χ2v) is 7.86. The summed E-state index contributed by atoms with van der Waals surface area (Å²) in [6, 6.07) is 11.5. The second-order valence-electron chi connectivity index (χ2n) is 6.08. The third-order valence-corrected chi connectivity index (χ3v) is 4.72. The second kappa shape index (κ2) is 7.20. The lowest BCUT2D eigenvalue weighted by Crippen LogP contribution is -2.62. The summed E-state index contributed by atoms with van der Waals surface area (Å²) in [6.45, 7) is 1.20. The van der Waals surface area contributed by atoms with Crippen molar-refractivity contribution < 1.29 is 13.2 Å². The van der Waals surface area contributed by atoms with E-state index in [1.807, 2.05) is 36.4 Å². The lowest BCUT2D eigenvalue weighted by atomic mass is 10.1. The van der Waals surface area contributed by atoms with Gasteiger partial charge in [0.05, 0.1) is 12.3 Å². The number of nitrogens with zero attached hydrogens (tertiary/aromatic N) is 2. The van der Waals surface area contributed by atoms with Crippen LogP contribution in [0, 0.1) is 0 Å². The Kier molecular flexibility index (Phi) is 5.00. The molecule has 0 atom stereocenters. The summed E-state index contributed by atoms with van der Waals surface area (Å²) in [6.07, 6.45) is 4.62. The van der Waals surface area contributed by atoms with Gasteiger partial charge in [0.15, 0.2) is 0 Å². The van der Waals surface area contributed by atoms with Gasteiger partial charge in [0.2, 0.25) is 10.0 Å². The average molecular weight is 360 g/mol. The molecular formula is C17H20N4O3S. The lowest BCUT2D eigenvalue weighted by Gasteiger charge is -2.38. The molecule has 0 saturated carbocycles. The lowest BCUT2D eigenvalue weighted by molar-refractivity contribution is 0.146.